The van der Waals surface area contributed by atoms with Crippen LogP contribution in [0.2, 0.25) is 0 Å². The van der Waals surface area contributed by atoms with Crippen LogP contribution in [0, 0.1) is 0 Å². The van der Waals surface area contributed by atoms with Gasteiger partial charge in [-0.05, 0) is 16.7 Å². The first kappa shape index (κ1) is 13.1. The number of aliphatic carboxylic acids is 1. The van der Waals surface area contributed by atoms with E-state index in [1.807, 2.05) is 22.3 Å². The van der Waals surface area contributed by atoms with E-state index in [2.05, 4.69) is 20.2 Å². The number of amides is 1. The molecule has 2 rings (SSSR count). The Morgan fingerprint density at radius 2 is 2.37 bits per heavy atom. The first-order chi connectivity index (χ1) is 9.15. The van der Waals surface area contributed by atoms with Gasteiger partial charge in [-0.1, -0.05) is 0 Å². The number of tetrazole rings is 1. The Morgan fingerprint density at radius 3 is 3.05 bits per heavy atom. The van der Waals surface area contributed by atoms with E-state index in [0.29, 0.717) is 5.82 Å². The van der Waals surface area contributed by atoms with E-state index in [9.17, 15) is 9.59 Å². The number of hydroxylamine groups is 1. The second-order valence-electron chi connectivity index (χ2n) is 3.36. The van der Waals surface area contributed by atoms with Crippen molar-refractivity contribution in [2.75, 3.05) is 6.61 Å². The lowest BCUT2D eigenvalue weighted by molar-refractivity contribution is -0.149. The molecule has 0 radical (unpaired) electrons. The predicted octanol–water partition coefficient (Wildman–Crippen LogP) is -0.466. The summed E-state index contributed by atoms with van der Waals surface area (Å²) in [6, 6.07) is 1.84. The number of aromatic nitrogens is 4. The molecule has 0 aliphatic carbocycles. The molecule has 0 aliphatic rings. The smallest absolute Gasteiger partial charge is 0.332 e. The van der Waals surface area contributed by atoms with Gasteiger partial charge in [-0.2, -0.15) is 16.1 Å². The van der Waals surface area contributed by atoms with Crippen LogP contribution in [0.3, 0.4) is 0 Å². The van der Waals surface area contributed by atoms with Gasteiger partial charge in [-0.3, -0.25) is 9.63 Å². The Bertz CT molecular complexity index is 567. The molecule has 0 fully saturated rings. The van der Waals surface area contributed by atoms with Gasteiger partial charge in [-0.25, -0.2) is 10.3 Å². The SMILES string of the molecule is O=C(O)CONC(=O)Cn1nnc(-c2ccsc2)n1. The standard InChI is InChI=1S/C9H9N5O4S/c15-7(12-18-4-8(16)17)3-14-11-9(10-13-14)6-1-2-19-5-6/h1-2,5H,3-4H2,(H,12,15)(H,16,17). The van der Waals surface area contributed by atoms with E-state index in [4.69, 9.17) is 5.11 Å². The third-order valence-electron chi connectivity index (χ3n) is 1.90. The van der Waals surface area contributed by atoms with Crippen LogP contribution in [-0.2, 0) is 21.0 Å². The number of carbonyl (C=O) groups is 2. The minimum Gasteiger partial charge on any atom is -0.479 e. The van der Waals surface area contributed by atoms with Crippen LogP contribution in [-0.4, -0.2) is 43.8 Å². The molecule has 0 saturated heterocycles. The van der Waals surface area contributed by atoms with Crippen molar-refractivity contribution in [3.8, 4) is 11.4 Å². The topological polar surface area (TPSA) is 119 Å². The molecular formula is C9H9N5O4S. The Kier molecular flexibility index (Phi) is 4.15. The van der Waals surface area contributed by atoms with E-state index in [-0.39, 0.29) is 6.54 Å². The molecule has 2 N–H and O–H groups in total. The number of hydrogen-bond acceptors (Lipinski definition) is 7. The average molecular weight is 283 g/mol. The molecule has 2 aromatic rings. The summed E-state index contributed by atoms with van der Waals surface area (Å²) in [5, 5.41) is 23.5. The van der Waals surface area contributed by atoms with E-state index in [1.54, 1.807) is 0 Å². The van der Waals surface area contributed by atoms with Gasteiger partial charge < -0.3 is 5.11 Å². The van der Waals surface area contributed by atoms with E-state index < -0.39 is 18.5 Å². The highest BCUT2D eigenvalue weighted by atomic mass is 32.1. The van der Waals surface area contributed by atoms with Crippen molar-refractivity contribution in [1.29, 1.82) is 0 Å². The van der Waals surface area contributed by atoms with Crippen molar-refractivity contribution in [2.45, 2.75) is 6.54 Å². The summed E-state index contributed by atoms with van der Waals surface area (Å²) in [7, 11) is 0. The Labute approximate surface area is 110 Å². The van der Waals surface area contributed by atoms with E-state index in [0.717, 1.165) is 10.4 Å². The molecule has 19 heavy (non-hydrogen) atoms. The molecule has 0 atom stereocenters. The highest BCUT2D eigenvalue weighted by molar-refractivity contribution is 7.08. The zero-order valence-electron chi connectivity index (χ0n) is 9.52. The number of hydrogen-bond donors (Lipinski definition) is 2. The third kappa shape index (κ3) is 3.82. The summed E-state index contributed by atoms with van der Waals surface area (Å²) in [5.41, 5.74) is 2.78. The number of nitrogens with zero attached hydrogens (tertiary/aromatic N) is 4. The summed E-state index contributed by atoms with van der Waals surface area (Å²) in [6.07, 6.45) is 0. The van der Waals surface area contributed by atoms with Gasteiger partial charge in [0.1, 0.15) is 6.54 Å². The van der Waals surface area contributed by atoms with Crippen LogP contribution >= 0.6 is 11.3 Å². The Hall–Kier alpha value is -2.33. The molecule has 0 saturated carbocycles. The first-order valence-corrected chi connectivity index (χ1v) is 6.02. The third-order valence-corrected chi connectivity index (χ3v) is 2.58. The molecule has 2 aromatic heterocycles. The summed E-state index contributed by atoms with van der Waals surface area (Å²) in [6.45, 7) is -0.826. The highest BCUT2D eigenvalue weighted by Gasteiger charge is 2.09. The number of carbonyl (C=O) groups excluding carboxylic acids is 1. The molecule has 0 bridgehead atoms. The number of rotatable bonds is 6. The summed E-state index contributed by atoms with van der Waals surface area (Å²) >= 11 is 1.50. The van der Waals surface area contributed by atoms with E-state index in [1.165, 1.54) is 11.3 Å². The van der Waals surface area contributed by atoms with Crippen LogP contribution in [0.25, 0.3) is 11.4 Å². The molecule has 0 spiro atoms. The molecule has 0 aliphatic heterocycles. The van der Waals surface area contributed by atoms with Crippen molar-refractivity contribution < 1.29 is 19.5 Å². The second-order valence-corrected chi connectivity index (χ2v) is 4.14. The molecule has 0 unspecified atom stereocenters. The van der Waals surface area contributed by atoms with Crippen LogP contribution in [0.5, 0.6) is 0 Å². The minimum atomic E-state index is -1.18. The molecule has 2 heterocycles. The first-order valence-electron chi connectivity index (χ1n) is 5.08. The molecule has 100 valence electrons. The zero-order chi connectivity index (χ0) is 13.7. The molecule has 10 heteroatoms. The van der Waals surface area contributed by atoms with Crippen molar-refractivity contribution in [1.82, 2.24) is 25.7 Å². The number of thiophene rings is 1. The maximum atomic E-state index is 11.3. The quantitative estimate of drug-likeness (QED) is 0.688. The summed E-state index contributed by atoms with van der Waals surface area (Å²) in [5.74, 6) is -1.34. The maximum Gasteiger partial charge on any atom is 0.332 e. The van der Waals surface area contributed by atoms with Crippen molar-refractivity contribution >= 4 is 23.2 Å². The van der Waals surface area contributed by atoms with Gasteiger partial charge in [0.15, 0.2) is 6.61 Å². The maximum absolute atomic E-state index is 11.3. The van der Waals surface area contributed by atoms with Crippen LogP contribution in [0.4, 0.5) is 0 Å². The molecule has 9 nitrogen and oxygen atoms in total. The van der Waals surface area contributed by atoms with Gasteiger partial charge in [0.2, 0.25) is 5.82 Å². The molecule has 0 aromatic carbocycles. The van der Waals surface area contributed by atoms with Gasteiger partial charge in [0.05, 0.1) is 0 Å². The van der Waals surface area contributed by atoms with Crippen LogP contribution < -0.4 is 5.48 Å². The number of carboxylic acids is 1. The Balaban J connectivity index is 1.86. The fraction of sp³-hybridized carbons (Fsp3) is 0.222. The van der Waals surface area contributed by atoms with Gasteiger partial charge in [0, 0.05) is 10.9 Å². The van der Waals surface area contributed by atoms with Crippen molar-refractivity contribution in [3.63, 3.8) is 0 Å². The normalized spacial score (nSPS) is 10.3. The van der Waals surface area contributed by atoms with Gasteiger partial charge in [0.25, 0.3) is 5.91 Å². The summed E-state index contributed by atoms with van der Waals surface area (Å²) < 4.78 is 0. The lowest BCUT2D eigenvalue weighted by Gasteiger charge is -2.01. The largest absolute Gasteiger partial charge is 0.479 e. The Morgan fingerprint density at radius 1 is 1.53 bits per heavy atom. The number of nitrogens with one attached hydrogen (secondary N) is 1. The van der Waals surface area contributed by atoms with Gasteiger partial charge in [-0.15, -0.1) is 10.2 Å². The van der Waals surface area contributed by atoms with Gasteiger partial charge >= 0.3 is 5.97 Å². The second kappa shape index (κ2) is 6.02. The minimum absolute atomic E-state index is 0.212. The average Bonchev–Trinajstić information content (AvgIpc) is 2.97. The fourth-order valence-corrected chi connectivity index (χ4v) is 1.79. The van der Waals surface area contributed by atoms with Crippen LogP contribution in [0.15, 0.2) is 16.8 Å². The van der Waals surface area contributed by atoms with Crippen molar-refractivity contribution in [3.05, 3.63) is 16.8 Å². The zero-order valence-corrected chi connectivity index (χ0v) is 10.3. The monoisotopic (exact) mass is 283 g/mol. The summed E-state index contributed by atoms with van der Waals surface area (Å²) in [4.78, 5) is 27.0. The molecule has 1 amide bonds. The highest BCUT2D eigenvalue weighted by Crippen LogP contribution is 2.16. The number of carboxylic acid groups (broad SMARTS) is 1. The van der Waals surface area contributed by atoms with E-state index >= 15 is 0 Å². The lowest BCUT2D eigenvalue weighted by atomic mass is 10.3. The predicted molar refractivity (Wildman–Crippen MR) is 62.9 cm³/mol. The van der Waals surface area contributed by atoms with Crippen molar-refractivity contribution in [2.24, 2.45) is 0 Å². The fourth-order valence-electron chi connectivity index (χ4n) is 1.16. The molecular weight excluding hydrogens is 274 g/mol. The lowest BCUT2D eigenvalue weighted by Crippen LogP contribution is -2.30. The van der Waals surface area contributed by atoms with Crippen LogP contribution in [0.1, 0.15) is 0 Å².